The van der Waals surface area contributed by atoms with E-state index in [4.69, 9.17) is 20.4 Å². The van der Waals surface area contributed by atoms with E-state index >= 15 is 0 Å². The van der Waals surface area contributed by atoms with Crippen molar-refractivity contribution < 1.29 is 39.6 Å². The van der Waals surface area contributed by atoms with Crippen LogP contribution >= 0.6 is 0 Å². The molecule has 0 bridgehead atoms. The first-order chi connectivity index (χ1) is 28.7. The lowest BCUT2D eigenvalue weighted by Gasteiger charge is -2.40. The molecular weight excluding hydrogens is 678 g/mol. The number of aromatic amines is 1. The largest absolute Gasteiger partial charge is 0.497 e. The molecule has 0 aliphatic carbocycles. The lowest BCUT2D eigenvalue weighted by atomic mass is 9.95. The summed E-state index contributed by atoms with van der Waals surface area (Å²) < 4.78 is 82.9. The van der Waals surface area contributed by atoms with Crippen molar-refractivity contribution in [2.24, 2.45) is 5.92 Å². The minimum Gasteiger partial charge on any atom is -0.497 e. The van der Waals surface area contributed by atoms with Crippen molar-refractivity contribution >= 4 is 45.9 Å². The number of piperazine rings is 1. The number of carbonyl (C=O) groups is 4. The molecule has 3 saturated heterocycles. The van der Waals surface area contributed by atoms with E-state index < -0.39 is 61.3 Å². The van der Waals surface area contributed by atoms with Gasteiger partial charge < -0.3 is 24.3 Å². The molecule has 1 unspecified atom stereocenters. The molecule has 3 aromatic carbocycles. The summed E-state index contributed by atoms with van der Waals surface area (Å²) in [5.74, 6) is -2.36. The summed E-state index contributed by atoms with van der Waals surface area (Å²) in [6.45, 7) is -12.0. The normalized spacial score (nSPS) is 25.9. The first kappa shape index (κ1) is 26.1. The molecule has 53 heavy (non-hydrogen) atoms. The van der Waals surface area contributed by atoms with Gasteiger partial charge in [-0.2, -0.15) is 0 Å². The average Bonchev–Trinajstić information content (AvgIpc) is 3.46. The van der Waals surface area contributed by atoms with E-state index in [1.54, 1.807) is 12.1 Å². The Kier molecular flexibility index (Phi) is 6.88. The monoisotopic (exact) mass is 727 g/mol. The molecule has 8 rings (SSSR count). The zero-order valence-electron chi connectivity index (χ0n) is 36.9. The van der Waals surface area contributed by atoms with E-state index in [9.17, 15) is 24.0 Å². The number of benzene rings is 3. The van der Waals surface area contributed by atoms with E-state index in [1.807, 2.05) is 24.3 Å². The van der Waals surface area contributed by atoms with Crippen molar-refractivity contribution in [3.63, 3.8) is 0 Å². The van der Waals surface area contributed by atoms with Crippen molar-refractivity contribution in [2.75, 3.05) is 69.6 Å². The van der Waals surface area contributed by atoms with E-state index in [1.165, 1.54) is 14.2 Å². The lowest BCUT2D eigenvalue weighted by molar-refractivity contribution is -0.136. The van der Waals surface area contributed by atoms with Crippen LogP contribution in [0.25, 0.3) is 22.3 Å². The molecule has 0 saturated carbocycles. The summed E-state index contributed by atoms with van der Waals surface area (Å²) in [7, 11) is 2.96. The highest BCUT2D eigenvalue weighted by Crippen LogP contribution is 2.33. The van der Waals surface area contributed by atoms with Crippen LogP contribution in [-0.2, 0) is 9.59 Å². The summed E-state index contributed by atoms with van der Waals surface area (Å²) in [6, 6.07) is 12.6. The molecule has 1 aromatic heterocycles. The molecule has 14 nitrogen and oxygen atoms in total. The van der Waals surface area contributed by atoms with Crippen LogP contribution < -0.4 is 30.1 Å². The third-order valence-electron chi connectivity index (χ3n) is 10.0. The number of carbonyl (C=O) groups excluding carboxylic acids is 4. The SMILES string of the molecule is [2H]C1([2H])N(CC2CCN(c3ccc(-c4nc5cc(OC)cc(OC)c5c(=O)[nH]4)cc3)CC2)C([2H])([2H])C([2H])([2H])N(c2ccc3c(c2)C(=O)N(C2CCC(=O)NC2=O)C3=O)C1([2H])[2H]. The maximum Gasteiger partial charge on any atom is 0.262 e. The van der Waals surface area contributed by atoms with Gasteiger partial charge in [0.1, 0.15) is 28.8 Å². The van der Waals surface area contributed by atoms with Gasteiger partial charge in [-0.15, -0.1) is 0 Å². The summed E-state index contributed by atoms with van der Waals surface area (Å²) in [4.78, 5) is 75.3. The Labute approximate surface area is 316 Å². The zero-order valence-corrected chi connectivity index (χ0v) is 28.9. The number of anilines is 2. The molecule has 14 heteroatoms. The topological polar surface area (TPSA) is 157 Å². The van der Waals surface area contributed by atoms with E-state index in [2.05, 4.69) is 20.2 Å². The van der Waals surface area contributed by atoms with Crippen molar-refractivity contribution in [1.82, 2.24) is 25.1 Å². The van der Waals surface area contributed by atoms with E-state index in [-0.39, 0.29) is 42.0 Å². The Hall–Kier alpha value is -5.76. The van der Waals surface area contributed by atoms with Crippen LogP contribution in [0.5, 0.6) is 11.5 Å². The maximum atomic E-state index is 13.5. The number of H-pyrrole nitrogens is 1. The second kappa shape index (κ2) is 14.0. The Morgan fingerprint density at radius 2 is 1.53 bits per heavy atom. The van der Waals surface area contributed by atoms with Crippen LogP contribution in [-0.4, -0.2) is 109 Å². The molecule has 3 fully saturated rings. The van der Waals surface area contributed by atoms with Gasteiger partial charge in [-0.1, -0.05) is 0 Å². The van der Waals surface area contributed by atoms with Crippen molar-refractivity contribution in [2.45, 2.75) is 31.7 Å². The number of hydrogen-bond donors (Lipinski definition) is 2. The Morgan fingerprint density at radius 1 is 0.811 bits per heavy atom. The first-order valence-electron chi connectivity index (χ1n) is 21.2. The molecule has 1 atom stereocenters. The number of fused-ring (bicyclic) bond motifs is 2. The number of methoxy groups -OCH3 is 2. The van der Waals surface area contributed by atoms with Gasteiger partial charge in [-0.25, -0.2) is 4.98 Å². The summed E-state index contributed by atoms with van der Waals surface area (Å²) in [6.07, 6.45) is 0.689. The summed E-state index contributed by atoms with van der Waals surface area (Å²) >= 11 is 0. The number of nitrogens with zero attached hydrogens (tertiary/aromatic N) is 5. The summed E-state index contributed by atoms with van der Waals surface area (Å²) in [5.41, 5.74) is 0.680. The molecule has 274 valence electrons. The van der Waals surface area contributed by atoms with Gasteiger partial charge in [0.2, 0.25) is 11.8 Å². The van der Waals surface area contributed by atoms with Gasteiger partial charge in [0.25, 0.3) is 17.4 Å². The van der Waals surface area contributed by atoms with Crippen molar-refractivity contribution in [3.05, 3.63) is 76.1 Å². The quantitative estimate of drug-likeness (QED) is 0.257. The van der Waals surface area contributed by atoms with Crippen LogP contribution in [0.15, 0.2) is 59.4 Å². The van der Waals surface area contributed by atoms with E-state index in [0.717, 1.165) is 23.9 Å². The van der Waals surface area contributed by atoms with E-state index in [0.29, 0.717) is 74.4 Å². The minimum absolute atomic E-state index is 0.106. The fourth-order valence-electron chi connectivity index (χ4n) is 7.18. The number of rotatable bonds is 8. The van der Waals surface area contributed by atoms with Crippen LogP contribution in [0.2, 0.25) is 0 Å². The molecule has 0 radical (unpaired) electrons. The number of imide groups is 2. The van der Waals surface area contributed by atoms with Gasteiger partial charge in [-0.05, 0) is 67.6 Å². The van der Waals surface area contributed by atoms with Crippen LogP contribution in [0.4, 0.5) is 11.4 Å². The number of aromatic nitrogens is 2. The number of nitrogens with one attached hydrogen (secondary N) is 2. The van der Waals surface area contributed by atoms with Gasteiger partial charge in [-0.3, -0.25) is 39.1 Å². The standard InChI is InChI=1S/C39H41N7O7/c1-52-27-20-30-34(32(21-27)53-2)37(49)42-35(40-30)24-3-5-25(6-4-24)44-13-11-23(12-14-44)22-43-15-17-45(18-16-43)26-7-8-28-29(19-26)39(51)46(38(28)50)31-9-10-33(47)41-36(31)48/h3-8,19-21,23,31H,9-18,22H2,1-2H3,(H,40,42,49)(H,41,47,48)/i15D2,16D2,17D2,18D2. The highest BCUT2D eigenvalue weighted by atomic mass is 16.5. The van der Waals surface area contributed by atoms with Gasteiger partial charge >= 0.3 is 0 Å². The second-order valence-corrected chi connectivity index (χ2v) is 13.2. The predicted molar refractivity (Wildman–Crippen MR) is 198 cm³/mol. The van der Waals surface area contributed by atoms with Gasteiger partial charge in [0.15, 0.2) is 0 Å². The summed E-state index contributed by atoms with van der Waals surface area (Å²) in [5, 5.41) is 2.39. The van der Waals surface area contributed by atoms with Gasteiger partial charge in [0.05, 0.1) is 36.3 Å². The molecular formula is C39H41N7O7. The van der Waals surface area contributed by atoms with Gasteiger partial charge in [0, 0.05) is 86.6 Å². The predicted octanol–water partition coefficient (Wildman–Crippen LogP) is 3.05. The lowest BCUT2D eigenvalue weighted by Crippen LogP contribution is -2.54. The number of ether oxygens (including phenoxy) is 2. The van der Waals surface area contributed by atoms with Crippen molar-refractivity contribution in [1.29, 1.82) is 0 Å². The number of hydrogen-bond acceptors (Lipinski definition) is 11. The smallest absolute Gasteiger partial charge is 0.262 e. The minimum atomic E-state index is -3.23. The fraction of sp³-hybridized carbons (Fsp3) is 0.385. The van der Waals surface area contributed by atoms with Crippen LogP contribution in [0.1, 0.15) is 57.4 Å². The third-order valence-corrected chi connectivity index (χ3v) is 10.0. The zero-order chi connectivity index (χ0) is 44.0. The molecule has 4 aromatic rings. The fourth-order valence-corrected chi connectivity index (χ4v) is 7.18. The van der Waals surface area contributed by atoms with Crippen LogP contribution in [0, 0.1) is 5.92 Å². The number of amides is 4. The molecule has 4 aliphatic rings. The maximum absolute atomic E-state index is 13.5. The van der Waals surface area contributed by atoms with Crippen LogP contribution in [0.3, 0.4) is 0 Å². The Balaban J connectivity index is 0.977. The molecule has 2 N–H and O–H groups in total. The van der Waals surface area contributed by atoms with Crippen molar-refractivity contribution in [3.8, 4) is 22.9 Å². The first-order valence-corrected chi connectivity index (χ1v) is 17.2. The second-order valence-electron chi connectivity index (χ2n) is 13.2. The highest BCUT2D eigenvalue weighted by molar-refractivity contribution is 6.23. The third kappa shape index (κ3) is 6.47. The molecule has 5 heterocycles. The molecule has 0 spiro atoms. The Morgan fingerprint density at radius 3 is 2.23 bits per heavy atom. The molecule has 4 aliphatic heterocycles. The Bertz CT molecular complexity index is 2520. The average molecular weight is 728 g/mol. The molecule has 4 amide bonds. The number of piperidine rings is 2. The highest BCUT2D eigenvalue weighted by Gasteiger charge is 2.44.